The van der Waals surface area contributed by atoms with Gasteiger partial charge in [-0.25, -0.2) is 0 Å². The number of ether oxygens (including phenoxy) is 5. The summed E-state index contributed by atoms with van der Waals surface area (Å²) >= 11 is 0. The normalized spacial score (nSPS) is 9.76. The van der Waals surface area contributed by atoms with E-state index < -0.39 is 35.4 Å². The van der Waals surface area contributed by atoms with Gasteiger partial charge in [-0.05, 0) is 52.4 Å². The zero-order valence-electron chi connectivity index (χ0n) is 36.6. The summed E-state index contributed by atoms with van der Waals surface area (Å²) in [6, 6.07) is 0. The summed E-state index contributed by atoms with van der Waals surface area (Å²) in [5.41, 5.74) is 0. The Morgan fingerprint density at radius 3 is 1.24 bits per heavy atom. The van der Waals surface area contributed by atoms with Gasteiger partial charge >= 0.3 is 35.4 Å². The average molecular weight is 922 g/mol. The van der Waals surface area contributed by atoms with Gasteiger partial charge in [-0.1, -0.05) is 33.4 Å². The van der Waals surface area contributed by atoms with Crippen LogP contribution in [0.3, 0.4) is 0 Å². The molecule has 0 heterocycles. The number of carbonyl (C=O) groups excluding carboxylic acids is 4. The van der Waals surface area contributed by atoms with Crippen molar-refractivity contribution < 1.29 is 89.9 Å². The molecule has 0 aromatic heterocycles. The highest BCUT2D eigenvalue weighted by molar-refractivity contribution is 7.53. The van der Waals surface area contributed by atoms with Crippen LogP contribution in [0.4, 0.5) is 0 Å². The minimum atomic E-state index is -3.79. The van der Waals surface area contributed by atoms with Crippen LogP contribution in [0, 0.1) is 0 Å². The molecule has 0 saturated heterocycles. The summed E-state index contributed by atoms with van der Waals surface area (Å²) in [4.78, 5) is 57.5. The molecule has 0 saturated carbocycles. The summed E-state index contributed by atoms with van der Waals surface area (Å²) in [6.07, 6.45) is 9.57. The lowest BCUT2D eigenvalue weighted by Crippen LogP contribution is -2.03. The molecule has 356 valence electrons. The van der Waals surface area contributed by atoms with E-state index in [1.165, 1.54) is 42.3 Å². The van der Waals surface area contributed by atoms with Gasteiger partial charge in [0.05, 0.1) is 39.8 Å². The fourth-order valence-electron chi connectivity index (χ4n) is 2.94. The number of hydrogen-bond donors (Lipinski definition) is 2. The van der Waals surface area contributed by atoms with Crippen molar-refractivity contribution in [2.45, 2.75) is 100 Å². The second-order valence-electron chi connectivity index (χ2n) is 11.0. The molecule has 0 amide bonds. The van der Waals surface area contributed by atoms with E-state index in [2.05, 4.69) is 33.9 Å². The molecule has 0 radical (unpaired) electrons. The van der Waals surface area contributed by atoms with E-state index in [0.29, 0.717) is 78.1 Å². The summed E-state index contributed by atoms with van der Waals surface area (Å²) in [5, 5.41) is 0. The van der Waals surface area contributed by atoms with Crippen molar-refractivity contribution in [1.82, 2.24) is 0 Å². The van der Waals surface area contributed by atoms with Gasteiger partial charge in [-0.15, -0.1) is 22.2 Å². The third-order valence-corrected chi connectivity index (χ3v) is 8.88. The third-order valence-electron chi connectivity index (χ3n) is 5.40. The Morgan fingerprint density at radius 1 is 0.610 bits per heavy atom. The fourth-order valence-corrected chi connectivity index (χ4v) is 4.66. The molecule has 59 heavy (non-hydrogen) atoms. The maximum atomic E-state index is 11.6. The second-order valence-corrected chi connectivity index (χ2v) is 16.4. The summed E-state index contributed by atoms with van der Waals surface area (Å²) in [7, 11) is -3.12. The molecule has 19 nitrogen and oxygen atoms in total. The Hall–Kier alpha value is -1.92. The molecule has 0 spiro atoms. The number of rotatable bonds is 28. The molecule has 0 aliphatic heterocycles. The molecule has 4 N–H and O–H groups in total. The molecule has 0 fully saturated rings. The second kappa shape index (κ2) is 58.2. The Labute approximate surface area is 355 Å². The van der Waals surface area contributed by atoms with Crippen LogP contribution in [-0.4, -0.2) is 132 Å². The van der Waals surface area contributed by atoms with Crippen LogP contribution >= 0.6 is 23.4 Å². The monoisotopic (exact) mass is 921 g/mol. The molecule has 0 aliphatic carbocycles. The number of ketones is 2. The van der Waals surface area contributed by atoms with E-state index >= 15 is 0 Å². The first-order valence-electron chi connectivity index (χ1n) is 18.2. The summed E-state index contributed by atoms with van der Waals surface area (Å²) < 4.78 is 74.1. The minimum Gasteiger partial charge on any atom is -0.412 e. The zero-order valence-corrected chi connectivity index (χ0v) is 39.2. The lowest BCUT2D eigenvalue weighted by molar-refractivity contribution is -0.156. The summed E-state index contributed by atoms with van der Waals surface area (Å²) in [6.45, 7) is 21.6. The van der Waals surface area contributed by atoms with Crippen LogP contribution in [0.2, 0.25) is 0 Å². The molecular weight excluding hydrogens is 841 g/mol. The van der Waals surface area contributed by atoms with Crippen LogP contribution in [0.15, 0.2) is 25.3 Å². The van der Waals surface area contributed by atoms with Gasteiger partial charge in [-0.2, -0.15) is 0 Å². The first-order chi connectivity index (χ1) is 26.7. The van der Waals surface area contributed by atoms with Gasteiger partial charge in [-0.3, -0.25) is 18.7 Å². The highest BCUT2D eigenvalue weighted by atomic mass is 31.2. The topological polar surface area (TPSA) is 275 Å². The highest BCUT2D eigenvalue weighted by Gasteiger charge is 2.19. The van der Waals surface area contributed by atoms with E-state index in [4.69, 9.17) is 37.8 Å². The SMILES string of the molecule is C.C=CCOCCC.C=CCOCCCC(C)=O.CC(=O)OC(C)=O.CCCOCCCP(=O)(O)O.COP(=O)(CCCOCCCC(C)=O)OC.CO[P+](=O)OC.O. The Morgan fingerprint density at radius 2 is 0.949 bits per heavy atom. The molecule has 0 aromatic rings. The Bertz CT molecular complexity index is 1060. The van der Waals surface area contributed by atoms with Crippen LogP contribution in [0.1, 0.15) is 100 Å². The lowest BCUT2D eigenvalue weighted by Gasteiger charge is -2.12. The van der Waals surface area contributed by atoms with E-state index in [1.807, 2.05) is 6.92 Å². The number of esters is 2. The van der Waals surface area contributed by atoms with Crippen molar-refractivity contribution in [3.8, 4) is 0 Å². The maximum Gasteiger partial charge on any atom is 0.696 e. The minimum absolute atomic E-state index is 0. The van der Waals surface area contributed by atoms with Crippen LogP contribution in [-0.2, 0) is 74.7 Å². The van der Waals surface area contributed by atoms with Crippen LogP contribution in [0.5, 0.6) is 0 Å². The van der Waals surface area contributed by atoms with Crippen molar-refractivity contribution in [3.05, 3.63) is 25.3 Å². The Kier molecular flexibility index (Phi) is 73.5. The van der Waals surface area contributed by atoms with Crippen LogP contribution in [0.25, 0.3) is 0 Å². The highest BCUT2D eigenvalue weighted by Crippen LogP contribution is 2.46. The lowest BCUT2D eigenvalue weighted by atomic mass is 10.2. The van der Waals surface area contributed by atoms with Gasteiger partial charge in [0.25, 0.3) is 0 Å². The van der Waals surface area contributed by atoms with Gasteiger partial charge in [0.15, 0.2) is 0 Å². The quantitative estimate of drug-likeness (QED) is 0.0257. The molecule has 0 atom stereocenters. The first-order valence-corrected chi connectivity index (χ1v) is 22.9. The van der Waals surface area contributed by atoms with E-state index in [0.717, 1.165) is 32.3 Å². The molecule has 0 aliphatic rings. The fraction of sp³-hybridized carbons (Fsp3) is 0.784. The molecular formula is C37H80O19P3+. The smallest absolute Gasteiger partial charge is 0.412 e. The van der Waals surface area contributed by atoms with Gasteiger partial charge in [0, 0.05) is 85.1 Å². The molecule has 0 bridgehead atoms. The van der Waals surface area contributed by atoms with Crippen LogP contribution < -0.4 is 0 Å². The first kappa shape index (κ1) is 74.5. The summed E-state index contributed by atoms with van der Waals surface area (Å²) in [5.74, 6) is -0.728. The van der Waals surface area contributed by atoms with E-state index in [-0.39, 0.29) is 30.6 Å². The van der Waals surface area contributed by atoms with E-state index in [9.17, 15) is 32.9 Å². The third kappa shape index (κ3) is 92.6. The van der Waals surface area contributed by atoms with Crippen molar-refractivity contribution in [1.29, 1.82) is 0 Å². The van der Waals surface area contributed by atoms with Gasteiger partial charge in [0.2, 0.25) is 0 Å². The number of Topliss-reactive ketones (excluding diaryl/α,β-unsaturated/α-hetero) is 2. The predicted molar refractivity (Wildman–Crippen MR) is 231 cm³/mol. The van der Waals surface area contributed by atoms with Crippen molar-refractivity contribution in [2.75, 3.05) is 93.6 Å². The largest absolute Gasteiger partial charge is 0.696 e. The maximum absolute atomic E-state index is 11.6. The molecule has 0 rings (SSSR count). The molecule has 0 unspecified atom stereocenters. The van der Waals surface area contributed by atoms with Crippen molar-refractivity contribution in [2.24, 2.45) is 0 Å². The molecule has 22 heteroatoms. The average Bonchev–Trinajstić information content (AvgIpc) is 3.14. The van der Waals surface area contributed by atoms with Crippen molar-refractivity contribution >= 4 is 47.0 Å². The number of carbonyl (C=O) groups is 4. The zero-order chi connectivity index (χ0) is 45.4. The predicted octanol–water partition coefficient (Wildman–Crippen LogP) is 7.23. The number of hydrogen-bond acceptors (Lipinski definition) is 16. The van der Waals surface area contributed by atoms with Gasteiger partial charge in [0.1, 0.15) is 11.6 Å². The Balaban J connectivity index is -0.0000000906. The van der Waals surface area contributed by atoms with Crippen molar-refractivity contribution in [3.63, 3.8) is 0 Å². The van der Waals surface area contributed by atoms with E-state index in [1.54, 1.807) is 26.0 Å². The standard InChI is InChI=1S/C10H21O5P.C8H14O2.C6H15O4P.C6H12O.C4H6O3.C2H6O3P.CH4.H2O/c1-10(11)6-4-7-15-8-5-9-16(12,13-2)14-3;1-3-6-10-7-4-5-8(2)9;1-2-4-10-5-3-6-11(7,8)9;1-3-5-7-6-4-2;1-3(5)7-4(2)6;1-4-6(3)5-2;;/h4-9H2,1-3H3;3H,1,4-7H2,2H3;2-6H2,1H3,(H2,7,8,9);3H,1,4-6H2,2H3;1-2H3;1-2H3;1H4;1H2/q;;;;;+1;;. The molecule has 0 aromatic carbocycles. The van der Waals surface area contributed by atoms with Gasteiger partial charge < -0.3 is 57.6 Å².